The largest absolute Gasteiger partial charge is 0.382 e. The number of aromatic nitrogens is 2. The van der Waals surface area contributed by atoms with E-state index in [1.54, 1.807) is 11.7 Å². The van der Waals surface area contributed by atoms with E-state index >= 15 is 0 Å². The van der Waals surface area contributed by atoms with Crippen LogP contribution in [-0.4, -0.2) is 41.3 Å². The molecule has 0 amide bonds. The van der Waals surface area contributed by atoms with E-state index in [1.807, 2.05) is 55.6 Å². The smallest absolute Gasteiger partial charge is 0.193 e. The molecular weight excluding hydrogens is 374 g/mol. The van der Waals surface area contributed by atoms with E-state index in [0.29, 0.717) is 23.5 Å². The minimum absolute atomic E-state index is 0.380. The van der Waals surface area contributed by atoms with Gasteiger partial charge in [-0.3, -0.25) is 4.99 Å². The predicted octanol–water partition coefficient (Wildman–Crippen LogP) is 2.97. The lowest BCUT2D eigenvalue weighted by molar-refractivity contribution is 0.475. The van der Waals surface area contributed by atoms with Crippen molar-refractivity contribution in [2.24, 2.45) is 4.99 Å². The maximum Gasteiger partial charge on any atom is 0.193 e. The highest BCUT2D eigenvalue weighted by Crippen LogP contribution is 2.21. The minimum Gasteiger partial charge on any atom is -0.382 e. The van der Waals surface area contributed by atoms with Crippen molar-refractivity contribution in [3.8, 4) is 11.8 Å². The summed E-state index contributed by atoms with van der Waals surface area (Å²) in [7, 11) is 3.79. The lowest BCUT2D eigenvalue weighted by atomic mass is 10.1. The van der Waals surface area contributed by atoms with E-state index in [2.05, 4.69) is 38.5 Å². The van der Waals surface area contributed by atoms with Gasteiger partial charge in [-0.25, -0.2) is 4.68 Å². The second kappa shape index (κ2) is 10.1. The first kappa shape index (κ1) is 20.9. The molecule has 0 fully saturated rings. The SMILES string of the molecule is CN=C(NCCCc1nn(-c2ccccc2)c(N)c1C#N)N(C)Cc1ccccc1. The molecule has 0 saturated heterocycles. The molecule has 154 valence electrons. The third-order valence-electron chi connectivity index (χ3n) is 4.82. The number of nitrogen functional groups attached to an aromatic ring is 1. The van der Waals surface area contributed by atoms with Crippen LogP contribution in [0.4, 0.5) is 5.82 Å². The van der Waals surface area contributed by atoms with Crippen molar-refractivity contribution in [1.82, 2.24) is 20.0 Å². The molecule has 3 rings (SSSR count). The Labute approximate surface area is 177 Å². The zero-order valence-corrected chi connectivity index (χ0v) is 17.4. The topological polar surface area (TPSA) is 95.3 Å². The van der Waals surface area contributed by atoms with Crippen molar-refractivity contribution in [1.29, 1.82) is 5.26 Å². The van der Waals surface area contributed by atoms with Gasteiger partial charge in [0.25, 0.3) is 0 Å². The summed E-state index contributed by atoms with van der Waals surface area (Å²) in [5.41, 5.74) is 9.41. The lowest BCUT2D eigenvalue weighted by Crippen LogP contribution is -2.39. The number of guanidine groups is 1. The van der Waals surface area contributed by atoms with Crippen LogP contribution in [0, 0.1) is 11.3 Å². The molecule has 0 aliphatic carbocycles. The van der Waals surface area contributed by atoms with Crippen LogP contribution in [0.3, 0.4) is 0 Å². The van der Waals surface area contributed by atoms with Crippen LogP contribution in [0.25, 0.3) is 5.69 Å². The number of rotatable bonds is 7. The molecule has 0 radical (unpaired) electrons. The number of hydrogen-bond acceptors (Lipinski definition) is 4. The van der Waals surface area contributed by atoms with Crippen molar-refractivity contribution >= 4 is 11.8 Å². The lowest BCUT2D eigenvalue weighted by Gasteiger charge is -2.22. The number of aliphatic imine (C=N–C) groups is 1. The molecule has 1 aromatic heterocycles. The predicted molar refractivity (Wildman–Crippen MR) is 120 cm³/mol. The monoisotopic (exact) mass is 401 g/mol. The number of anilines is 1. The molecule has 2 aromatic carbocycles. The highest BCUT2D eigenvalue weighted by Gasteiger charge is 2.16. The summed E-state index contributed by atoms with van der Waals surface area (Å²) in [4.78, 5) is 6.44. The highest BCUT2D eigenvalue weighted by atomic mass is 15.3. The van der Waals surface area contributed by atoms with Gasteiger partial charge in [-0.05, 0) is 30.5 Å². The standard InChI is InChI=1S/C23H27N7/c1-26-23(29(2)17-18-10-5-3-6-11-18)27-15-9-14-21-20(16-24)22(25)30(28-21)19-12-7-4-8-13-19/h3-8,10-13H,9,14-15,17,25H2,1-2H3,(H,26,27). The van der Waals surface area contributed by atoms with Gasteiger partial charge < -0.3 is 16.0 Å². The molecule has 0 atom stereocenters. The van der Waals surface area contributed by atoms with Gasteiger partial charge in [0.1, 0.15) is 17.5 Å². The molecule has 7 nitrogen and oxygen atoms in total. The number of benzene rings is 2. The van der Waals surface area contributed by atoms with Crippen molar-refractivity contribution in [2.75, 3.05) is 26.4 Å². The molecule has 0 bridgehead atoms. The van der Waals surface area contributed by atoms with Gasteiger partial charge in [-0.2, -0.15) is 10.4 Å². The van der Waals surface area contributed by atoms with Gasteiger partial charge in [0.05, 0.1) is 11.4 Å². The molecule has 0 unspecified atom stereocenters. The van der Waals surface area contributed by atoms with Gasteiger partial charge in [0.2, 0.25) is 0 Å². The number of nitriles is 1. The molecule has 0 aliphatic rings. The van der Waals surface area contributed by atoms with Gasteiger partial charge >= 0.3 is 0 Å². The number of hydrogen-bond donors (Lipinski definition) is 2. The molecule has 3 N–H and O–H groups in total. The number of aryl methyl sites for hydroxylation is 1. The summed E-state index contributed by atoms with van der Waals surface area (Å²) < 4.78 is 1.63. The van der Waals surface area contributed by atoms with Crippen LogP contribution in [0.15, 0.2) is 65.7 Å². The summed E-state index contributed by atoms with van der Waals surface area (Å²) in [6.07, 6.45) is 1.46. The Morgan fingerprint density at radius 2 is 1.83 bits per heavy atom. The van der Waals surface area contributed by atoms with Crippen LogP contribution >= 0.6 is 0 Å². The number of nitrogens with two attached hydrogens (primary N) is 1. The van der Waals surface area contributed by atoms with Gasteiger partial charge in [-0.1, -0.05) is 48.5 Å². The van der Waals surface area contributed by atoms with Crippen LogP contribution in [-0.2, 0) is 13.0 Å². The summed E-state index contributed by atoms with van der Waals surface area (Å²) in [6, 6.07) is 22.1. The summed E-state index contributed by atoms with van der Waals surface area (Å²) >= 11 is 0. The van der Waals surface area contributed by atoms with Crippen molar-refractivity contribution in [2.45, 2.75) is 19.4 Å². The number of para-hydroxylation sites is 1. The average Bonchev–Trinajstić information content (AvgIpc) is 3.10. The van der Waals surface area contributed by atoms with E-state index < -0.39 is 0 Å². The summed E-state index contributed by atoms with van der Waals surface area (Å²) in [5.74, 6) is 1.21. The van der Waals surface area contributed by atoms with Crippen LogP contribution in [0.5, 0.6) is 0 Å². The van der Waals surface area contributed by atoms with Gasteiger partial charge in [-0.15, -0.1) is 0 Å². The van der Waals surface area contributed by atoms with E-state index in [4.69, 9.17) is 5.73 Å². The van der Waals surface area contributed by atoms with Crippen molar-refractivity contribution < 1.29 is 0 Å². The van der Waals surface area contributed by atoms with Crippen molar-refractivity contribution in [3.05, 3.63) is 77.5 Å². The van der Waals surface area contributed by atoms with Crippen LogP contribution in [0.2, 0.25) is 0 Å². The summed E-state index contributed by atoms with van der Waals surface area (Å²) in [5, 5.41) is 17.5. The molecule has 7 heteroatoms. The van der Waals surface area contributed by atoms with E-state index in [-0.39, 0.29) is 0 Å². The van der Waals surface area contributed by atoms with Crippen LogP contribution in [0.1, 0.15) is 23.2 Å². The third kappa shape index (κ3) is 4.97. The second-order valence-corrected chi connectivity index (χ2v) is 6.99. The number of nitrogens with one attached hydrogen (secondary N) is 1. The molecule has 30 heavy (non-hydrogen) atoms. The normalized spacial score (nSPS) is 11.2. The maximum absolute atomic E-state index is 9.53. The molecule has 0 spiro atoms. The van der Waals surface area contributed by atoms with Gasteiger partial charge in [0.15, 0.2) is 5.96 Å². The fourth-order valence-corrected chi connectivity index (χ4v) is 3.31. The van der Waals surface area contributed by atoms with Crippen molar-refractivity contribution in [3.63, 3.8) is 0 Å². The molecule has 0 aliphatic heterocycles. The average molecular weight is 402 g/mol. The maximum atomic E-state index is 9.53. The highest BCUT2D eigenvalue weighted by molar-refractivity contribution is 5.79. The first-order valence-electron chi connectivity index (χ1n) is 9.92. The Balaban J connectivity index is 1.58. The minimum atomic E-state index is 0.380. The molecule has 3 aromatic rings. The Kier molecular flexibility index (Phi) is 7.06. The van der Waals surface area contributed by atoms with E-state index in [1.165, 1.54) is 5.56 Å². The van der Waals surface area contributed by atoms with Gasteiger partial charge in [0, 0.05) is 27.2 Å². The second-order valence-electron chi connectivity index (χ2n) is 6.99. The first-order valence-corrected chi connectivity index (χ1v) is 9.92. The number of nitrogens with zero attached hydrogens (tertiary/aromatic N) is 5. The van der Waals surface area contributed by atoms with Crippen LogP contribution < -0.4 is 11.1 Å². The first-order chi connectivity index (χ1) is 14.6. The fourth-order valence-electron chi connectivity index (χ4n) is 3.31. The van der Waals surface area contributed by atoms with E-state index in [0.717, 1.165) is 31.2 Å². The fraction of sp³-hybridized carbons (Fsp3) is 0.261. The molecular formula is C23H27N7. The molecule has 1 heterocycles. The Bertz CT molecular complexity index is 1020. The zero-order valence-electron chi connectivity index (χ0n) is 17.4. The third-order valence-corrected chi connectivity index (χ3v) is 4.82. The zero-order chi connectivity index (χ0) is 21.3. The Morgan fingerprint density at radius 3 is 2.47 bits per heavy atom. The molecule has 0 saturated carbocycles. The Hall–Kier alpha value is -3.79. The summed E-state index contributed by atoms with van der Waals surface area (Å²) in [6.45, 7) is 1.49. The Morgan fingerprint density at radius 1 is 1.17 bits per heavy atom. The van der Waals surface area contributed by atoms with E-state index in [9.17, 15) is 5.26 Å². The quantitative estimate of drug-likeness (QED) is 0.361.